The fraction of sp³-hybridized carbons (Fsp3) is 0.143. The topological polar surface area (TPSA) is 9.23 Å². The van der Waals surface area contributed by atoms with Gasteiger partial charge in [0.25, 0.3) is 0 Å². The molecule has 0 aliphatic rings. The summed E-state index contributed by atoms with van der Waals surface area (Å²) in [5.41, 5.74) is 0.978. The van der Waals surface area contributed by atoms with Gasteiger partial charge < -0.3 is 4.74 Å². The normalized spacial score (nSPS) is 12.2. The van der Waals surface area contributed by atoms with Gasteiger partial charge in [-0.1, -0.05) is 18.2 Å². The number of benzene rings is 2. The highest BCUT2D eigenvalue weighted by Gasteiger charge is 2.15. The van der Waals surface area contributed by atoms with Crippen LogP contribution in [0.1, 0.15) is 16.5 Å². The smallest absolute Gasteiger partial charge is 0.131 e. The van der Waals surface area contributed by atoms with Crippen molar-refractivity contribution in [2.75, 3.05) is 7.11 Å². The van der Waals surface area contributed by atoms with Crippen LogP contribution in [-0.4, -0.2) is 7.11 Å². The molecule has 0 fully saturated rings. The number of hydrogen-bond donors (Lipinski definition) is 0. The first-order valence-corrected chi connectivity index (χ1v) is 5.78. The molecule has 0 spiro atoms. The second-order valence-corrected chi connectivity index (χ2v) is 4.24. The molecule has 0 N–H and O–H groups in total. The Kier molecular flexibility index (Phi) is 3.82. The molecule has 0 saturated heterocycles. The number of halogens is 3. The summed E-state index contributed by atoms with van der Waals surface area (Å²) < 4.78 is 31.4. The Morgan fingerprint density at radius 2 is 1.72 bits per heavy atom. The van der Waals surface area contributed by atoms with Crippen LogP contribution in [0.5, 0.6) is 5.75 Å². The van der Waals surface area contributed by atoms with Crippen molar-refractivity contribution in [2.45, 2.75) is 5.38 Å². The minimum absolute atomic E-state index is 0.253. The standard InChI is InChI=1S/C14H11ClF2O/c1-18-11-5-2-9(3-6-11)14(15)12-7-4-10(16)8-13(12)17/h2-8,14H,1H3. The first-order valence-electron chi connectivity index (χ1n) is 5.35. The lowest BCUT2D eigenvalue weighted by Gasteiger charge is -2.12. The van der Waals surface area contributed by atoms with E-state index in [1.54, 1.807) is 31.4 Å². The Bertz CT molecular complexity index is 540. The largest absolute Gasteiger partial charge is 0.497 e. The third-order valence-electron chi connectivity index (χ3n) is 2.64. The lowest BCUT2D eigenvalue weighted by atomic mass is 10.0. The molecule has 0 aliphatic heterocycles. The maximum absolute atomic E-state index is 13.6. The van der Waals surface area contributed by atoms with E-state index in [-0.39, 0.29) is 5.56 Å². The van der Waals surface area contributed by atoms with Crippen molar-refractivity contribution in [3.05, 3.63) is 65.2 Å². The molecular weight excluding hydrogens is 258 g/mol. The van der Waals surface area contributed by atoms with Gasteiger partial charge in [0.2, 0.25) is 0 Å². The predicted molar refractivity (Wildman–Crippen MR) is 67.0 cm³/mol. The molecule has 1 nitrogen and oxygen atoms in total. The average Bonchev–Trinajstić information content (AvgIpc) is 2.38. The van der Waals surface area contributed by atoms with Gasteiger partial charge in [-0.05, 0) is 23.8 Å². The Hall–Kier alpha value is -1.61. The maximum Gasteiger partial charge on any atom is 0.131 e. The fourth-order valence-electron chi connectivity index (χ4n) is 1.66. The first kappa shape index (κ1) is 12.8. The summed E-state index contributed by atoms with van der Waals surface area (Å²) in [5.74, 6) is -0.567. The van der Waals surface area contributed by atoms with Crippen molar-refractivity contribution in [1.29, 1.82) is 0 Å². The molecule has 2 aromatic carbocycles. The van der Waals surface area contributed by atoms with Crippen molar-refractivity contribution in [2.24, 2.45) is 0 Å². The average molecular weight is 269 g/mol. The minimum atomic E-state index is -0.656. The lowest BCUT2D eigenvalue weighted by Crippen LogP contribution is -1.98. The third kappa shape index (κ3) is 2.62. The van der Waals surface area contributed by atoms with Gasteiger partial charge in [0.05, 0.1) is 12.5 Å². The van der Waals surface area contributed by atoms with E-state index in [0.717, 1.165) is 11.6 Å². The summed E-state index contributed by atoms with van der Waals surface area (Å²) in [4.78, 5) is 0. The fourth-order valence-corrected chi connectivity index (χ4v) is 1.98. The molecule has 0 saturated carbocycles. The van der Waals surface area contributed by atoms with Gasteiger partial charge in [-0.2, -0.15) is 0 Å². The van der Waals surface area contributed by atoms with E-state index >= 15 is 0 Å². The van der Waals surface area contributed by atoms with Crippen LogP contribution >= 0.6 is 11.6 Å². The van der Waals surface area contributed by atoms with Gasteiger partial charge in [0.1, 0.15) is 17.4 Å². The van der Waals surface area contributed by atoms with Gasteiger partial charge in [0.15, 0.2) is 0 Å². The third-order valence-corrected chi connectivity index (χ3v) is 3.13. The van der Waals surface area contributed by atoms with Crippen LogP contribution in [0.4, 0.5) is 8.78 Å². The minimum Gasteiger partial charge on any atom is -0.497 e. The van der Waals surface area contributed by atoms with Crippen LogP contribution in [0.25, 0.3) is 0 Å². The van der Waals surface area contributed by atoms with Gasteiger partial charge in [-0.25, -0.2) is 8.78 Å². The molecule has 2 rings (SSSR count). The molecule has 0 bridgehead atoms. The molecule has 94 valence electrons. The molecule has 0 radical (unpaired) electrons. The SMILES string of the molecule is COc1ccc(C(Cl)c2ccc(F)cc2F)cc1. The van der Waals surface area contributed by atoms with E-state index in [1.165, 1.54) is 12.1 Å². The molecule has 18 heavy (non-hydrogen) atoms. The van der Waals surface area contributed by atoms with Crippen molar-refractivity contribution in [1.82, 2.24) is 0 Å². The van der Waals surface area contributed by atoms with E-state index in [1.807, 2.05) is 0 Å². The first-order chi connectivity index (χ1) is 8.61. The summed E-state index contributed by atoms with van der Waals surface area (Å²) in [6, 6.07) is 10.4. The predicted octanol–water partition coefficient (Wildman–Crippen LogP) is 4.30. The van der Waals surface area contributed by atoms with Crippen molar-refractivity contribution in [3.63, 3.8) is 0 Å². The number of alkyl halides is 1. The van der Waals surface area contributed by atoms with Gasteiger partial charge >= 0.3 is 0 Å². The summed E-state index contributed by atoms with van der Waals surface area (Å²) >= 11 is 6.18. The Balaban J connectivity index is 2.31. The summed E-state index contributed by atoms with van der Waals surface area (Å²) in [5, 5.41) is -0.656. The van der Waals surface area contributed by atoms with E-state index in [9.17, 15) is 8.78 Å². The van der Waals surface area contributed by atoms with Crippen LogP contribution in [0.2, 0.25) is 0 Å². The molecule has 0 aromatic heterocycles. The molecule has 2 aromatic rings. The zero-order chi connectivity index (χ0) is 13.1. The van der Waals surface area contributed by atoms with Crippen LogP contribution < -0.4 is 4.74 Å². The zero-order valence-corrected chi connectivity index (χ0v) is 10.4. The summed E-state index contributed by atoms with van der Waals surface area (Å²) in [7, 11) is 1.56. The monoisotopic (exact) mass is 268 g/mol. The van der Waals surface area contributed by atoms with E-state index in [2.05, 4.69) is 0 Å². The zero-order valence-electron chi connectivity index (χ0n) is 9.66. The molecule has 0 heterocycles. The molecule has 1 unspecified atom stereocenters. The van der Waals surface area contributed by atoms with E-state index in [0.29, 0.717) is 5.75 Å². The van der Waals surface area contributed by atoms with Crippen molar-refractivity contribution >= 4 is 11.6 Å². The highest BCUT2D eigenvalue weighted by Crippen LogP contribution is 2.31. The quantitative estimate of drug-likeness (QED) is 0.754. The second-order valence-electron chi connectivity index (χ2n) is 3.80. The Morgan fingerprint density at radius 1 is 1.06 bits per heavy atom. The number of rotatable bonds is 3. The molecular formula is C14H11ClF2O. The maximum atomic E-state index is 13.6. The van der Waals surface area contributed by atoms with Crippen LogP contribution in [-0.2, 0) is 0 Å². The van der Waals surface area contributed by atoms with Gasteiger partial charge in [-0.3, -0.25) is 0 Å². The second kappa shape index (κ2) is 5.36. The number of methoxy groups -OCH3 is 1. The Morgan fingerprint density at radius 3 is 2.28 bits per heavy atom. The van der Waals surface area contributed by atoms with Crippen LogP contribution in [0.15, 0.2) is 42.5 Å². The number of hydrogen-bond acceptors (Lipinski definition) is 1. The molecule has 4 heteroatoms. The molecule has 0 aliphatic carbocycles. The molecule has 0 amide bonds. The Labute approximate surface area is 109 Å². The summed E-state index contributed by atoms with van der Waals surface area (Å²) in [6.07, 6.45) is 0. The van der Waals surface area contributed by atoms with Crippen molar-refractivity contribution < 1.29 is 13.5 Å². The lowest BCUT2D eigenvalue weighted by molar-refractivity contribution is 0.414. The number of ether oxygens (including phenoxy) is 1. The van der Waals surface area contributed by atoms with Gasteiger partial charge in [-0.15, -0.1) is 11.6 Å². The highest BCUT2D eigenvalue weighted by atomic mass is 35.5. The highest BCUT2D eigenvalue weighted by molar-refractivity contribution is 6.22. The summed E-state index contributed by atoms with van der Waals surface area (Å²) in [6.45, 7) is 0. The van der Waals surface area contributed by atoms with Crippen LogP contribution in [0, 0.1) is 11.6 Å². The molecule has 1 atom stereocenters. The van der Waals surface area contributed by atoms with Crippen molar-refractivity contribution in [3.8, 4) is 5.75 Å². The van der Waals surface area contributed by atoms with E-state index < -0.39 is 17.0 Å². The van der Waals surface area contributed by atoms with Crippen LogP contribution in [0.3, 0.4) is 0 Å². The van der Waals surface area contributed by atoms with E-state index in [4.69, 9.17) is 16.3 Å². The van der Waals surface area contributed by atoms with Gasteiger partial charge in [0, 0.05) is 11.6 Å².